The molecule has 0 fully saturated rings. The van der Waals surface area contributed by atoms with Crippen LogP contribution in [-0.2, 0) is 14.3 Å². The van der Waals surface area contributed by atoms with Crippen LogP contribution < -0.4 is 0 Å². The first-order valence-corrected chi connectivity index (χ1v) is 6.14. The average Bonchev–Trinajstić information content (AvgIpc) is 2.27. The van der Waals surface area contributed by atoms with E-state index in [1.54, 1.807) is 6.92 Å². The lowest BCUT2D eigenvalue weighted by Crippen LogP contribution is -2.22. The summed E-state index contributed by atoms with van der Waals surface area (Å²) in [6.07, 6.45) is 3.76. The molecule has 0 aliphatic heterocycles. The first kappa shape index (κ1) is 19.2. The second-order valence-corrected chi connectivity index (χ2v) is 3.97. The molecule has 0 aromatic carbocycles. The summed E-state index contributed by atoms with van der Waals surface area (Å²) in [4.78, 5) is 21.3. The van der Waals surface area contributed by atoms with Crippen molar-refractivity contribution in [3.63, 3.8) is 0 Å². The van der Waals surface area contributed by atoms with Crippen molar-refractivity contribution in [2.45, 2.75) is 58.0 Å². The van der Waals surface area contributed by atoms with E-state index in [1.807, 2.05) is 0 Å². The Hall–Kier alpha value is -1.14. The highest BCUT2D eigenvalue weighted by Gasteiger charge is 2.14. The Morgan fingerprint density at radius 1 is 1.11 bits per heavy atom. The van der Waals surface area contributed by atoms with Crippen LogP contribution in [0.1, 0.15) is 51.9 Å². The van der Waals surface area contributed by atoms with Gasteiger partial charge < -0.3 is 20.4 Å². The molecule has 4 N–H and O–H groups in total. The molecule has 0 saturated carbocycles. The molecule has 0 radical (unpaired) electrons. The van der Waals surface area contributed by atoms with Crippen molar-refractivity contribution in [1.29, 1.82) is 0 Å². The zero-order valence-corrected chi connectivity index (χ0v) is 10.9. The van der Waals surface area contributed by atoms with Crippen molar-refractivity contribution in [3.05, 3.63) is 0 Å². The second kappa shape index (κ2) is 12.3. The summed E-state index contributed by atoms with van der Waals surface area (Å²) in [5, 5.41) is 17.8. The SMILES string of the molecule is CCOC(=O)C(O)CCCCCCCC(=O)O.O. The van der Waals surface area contributed by atoms with E-state index in [0.29, 0.717) is 12.8 Å². The molecule has 0 spiro atoms. The molecular formula is C12H24O6. The molecule has 0 bridgehead atoms. The number of unbranched alkanes of at least 4 members (excludes halogenated alkanes) is 4. The molecule has 0 aliphatic rings. The van der Waals surface area contributed by atoms with Crippen LogP contribution in [0, 0.1) is 0 Å². The molecule has 0 aliphatic carbocycles. The minimum Gasteiger partial charge on any atom is -0.481 e. The highest BCUT2D eigenvalue weighted by atomic mass is 16.5. The van der Waals surface area contributed by atoms with E-state index in [9.17, 15) is 14.7 Å². The molecule has 0 heterocycles. The Bertz CT molecular complexity index is 229. The maximum atomic E-state index is 11.0. The van der Waals surface area contributed by atoms with Crippen LogP contribution in [0.4, 0.5) is 0 Å². The maximum absolute atomic E-state index is 11.0. The summed E-state index contributed by atoms with van der Waals surface area (Å²) in [5.74, 6) is -1.32. The predicted octanol–water partition coefficient (Wildman–Crippen LogP) is 0.901. The molecule has 0 saturated heterocycles. The Labute approximate surface area is 107 Å². The van der Waals surface area contributed by atoms with Gasteiger partial charge in [-0.25, -0.2) is 4.79 Å². The number of carbonyl (C=O) groups excluding carboxylic acids is 1. The van der Waals surface area contributed by atoms with Gasteiger partial charge in [0.2, 0.25) is 0 Å². The quantitative estimate of drug-likeness (QED) is 0.449. The fourth-order valence-electron chi connectivity index (χ4n) is 1.50. The van der Waals surface area contributed by atoms with Crippen LogP contribution in [-0.4, -0.2) is 40.3 Å². The van der Waals surface area contributed by atoms with E-state index < -0.39 is 18.0 Å². The number of hydrogen-bond donors (Lipinski definition) is 2. The van der Waals surface area contributed by atoms with E-state index in [1.165, 1.54) is 0 Å². The van der Waals surface area contributed by atoms with Crippen LogP contribution in [0.2, 0.25) is 0 Å². The summed E-state index contributed by atoms with van der Waals surface area (Å²) < 4.78 is 4.67. The van der Waals surface area contributed by atoms with E-state index in [2.05, 4.69) is 4.74 Å². The summed E-state index contributed by atoms with van der Waals surface area (Å²) in [6, 6.07) is 0. The summed E-state index contributed by atoms with van der Waals surface area (Å²) >= 11 is 0. The molecule has 6 heteroatoms. The number of aliphatic hydroxyl groups is 1. The van der Waals surface area contributed by atoms with Gasteiger partial charge in [0.1, 0.15) is 0 Å². The Morgan fingerprint density at radius 2 is 1.67 bits per heavy atom. The number of hydrogen-bond acceptors (Lipinski definition) is 4. The number of rotatable bonds is 10. The molecule has 0 aromatic heterocycles. The van der Waals surface area contributed by atoms with E-state index in [-0.39, 0.29) is 18.5 Å². The van der Waals surface area contributed by atoms with Crippen LogP contribution in [0.3, 0.4) is 0 Å². The number of carboxylic acids is 1. The number of carbonyl (C=O) groups is 2. The monoisotopic (exact) mass is 264 g/mol. The molecule has 1 atom stereocenters. The third kappa shape index (κ3) is 11.3. The molecule has 18 heavy (non-hydrogen) atoms. The lowest BCUT2D eigenvalue weighted by molar-refractivity contribution is -0.153. The van der Waals surface area contributed by atoms with Crippen molar-refractivity contribution in [3.8, 4) is 0 Å². The van der Waals surface area contributed by atoms with Gasteiger partial charge in [-0.2, -0.15) is 0 Å². The predicted molar refractivity (Wildman–Crippen MR) is 66.2 cm³/mol. The zero-order chi connectivity index (χ0) is 13.1. The van der Waals surface area contributed by atoms with Gasteiger partial charge in [-0.3, -0.25) is 4.79 Å². The molecule has 0 aromatic rings. The number of carboxylic acid groups (broad SMARTS) is 1. The Kier molecular flexibility index (Phi) is 13.1. The molecule has 108 valence electrons. The van der Waals surface area contributed by atoms with Crippen molar-refractivity contribution >= 4 is 11.9 Å². The molecular weight excluding hydrogens is 240 g/mol. The maximum Gasteiger partial charge on any atom is 0.334 e. The highest BCUT2D eigenvalue weighted by molar-refractivity contribution is 5.74. The van der Waals surface area contributed by atoms with Gasteiger partial charge >= 0.3 is 11.9 Å². The number of ether oxygens (including phenoxy) is 1. The summed E-state index contributed by atoms with van der Waals surface area (Å²) in [7, 11) is 0. The number of aliphatic carboxylic acids is 1. The fraction of sp³-hybridized carbons (Fsp3) is 0.833. The second-order valence-electron chi connectivity index (χ2n) is 3.97. The van der Waals surface area contributed by atoms with Gasteiger partial charge in [-0.15, -0.1) is 0 Å². The Morgan fingerprint density at radius 3 is 2.22 bits per heavy atom. The first-order valence-electron chi connectivity index (χ1n) is 6.14. The molecule has 6 nitrogen and oxygen atoms in total. The van der Waals surface area contributed by atoms with E-state index in [4.69, 9.17) is 5.11 Å². The third-order valence-corrected chi connectivity index (χ3v) is 2.43. The van der Waals surface area contributed by atoms with Gasteiger partial charge in [0.15, 0.2) is 6.10 Å². The van der Waals surface area contributed by atoms with Crippen LogP contribution in [0.15, 0.2) is 0 Å². The topological polar surface area (TPSA) is 115 Å². The van der Waals surface area contributed by atoms with Crippen molar-refractivity contribution in [1.82, 2.24) is 0 Å². The van der Waals surface area contributed by atoms with Crippen molar-refractivity contribution < 1.29 is 30.0 Å². The van der Waals surface area contributed by atoms with E-state index >= 15 is 0 Å². The van der Waals surface area contributed by atoms with Crippen molar-refractivity contribution in [2.24, 2.45) is 0 Å². The average molecular weight is 264 g/mol. The lowest BCUT2D eigenvalue weighted by atomic mass is 10.1. The van der Waals surface area contributed by atoms with Gasteiger partial charge in [0, 0.05) is 6.42 Å². The van der Waals surface area contributed by atoms with Gasteiger partial charge in [0.05, 0.1) is 6.61 Å². The normalized spacial score (nSPS) is 11.4. The van der Waals surface area contributed by atoms with Gasteiger partial charge in [-0.05, 0) is 19.8 Å². The number of aliphatic hydroxyl groups excluding tert-OH is 1. The largest absolute Gasteiger partial charge is 0.481 e. The van der Waals surface area contributed by atoms with Crippen molar-refractivity contribution in [2.75, 3.05) is 6.61 Å². The van der Waals surface area contributed by atoms with Crippen LogP contribution in [0.25, 0.3) is 0 Å². The third-order valence-electron chi connectivity index (χ3n) is 2.43. The first-order chi connectivity index (χ1) is 8.07. The van der Waals surface area contributed by atoms with Crippen LogP contribution >= 0.6 is 0 Å². The fourth-order valence-corrected chi connectivity index (χ4v) is 1.50. The number of esters is 1. The minimum absolute atomic E-state index is 0. The zero-order valence-electron chi connectivity index (χ0n) is 10.9. The van der Waals surface area contributed by atoms with Crippen LogP contribution in [0.5, 0.6) is 0 Å². The summed E-state index contributed by atoms with van der Waals surface area (Å²) in [6.45, 7) is 1.98. The molecule has 0 rings (SSSR count). The summed E-state index contributed by atoms with van der Waals surface area (Å²) in [5.41, 5.74) is 0. The Balaban J connectivity index is 0. The standard InChI is InChI=1S/C12H22O5.H2O/c1-2-17-12(16)10(13)8-6-4-3-5-7-9-11(14)15;/h10,13H,2-9H2,1H3,(H,14,15);1H2. The minimum atomic E-state index is -1.02. The smallest absolute Gasteiger partial charge is 0.334 e. The lowest BCUT2D eigenvalue weighted by Gasteiger charge is -2.08. The van der Waals surface area contributed by atoms with Gasteiger partial charge in [0.25, 0.3) is 0 Å². The molecule has 0 amide bonds. The highest BCUT2D eigenvalue weighted by Crippen LogP contribution is 2.09. The van der Waals surface area contributed by atoms with Gasteiger partial charge in [-0.1, -0.05) is 25.7 Å². The molecule has 1 unspecified atom stereocenters. The van der Waals surface area contributed by atoms with E-state index in [0.717, 1.165) is 25.7 Å².